The summed E-state index contributed by atoms with van der Waals surface area (Å²) in [6.07, 6.45) is 2.53. The van der Waals surface area contributed by atoms with E-state index in [0.717, 1.165) is 50.4 Å². The first-order valence-corrected chi connectivity index (χ1v) is 11.6. The van der Waals surface area contributed by atoms with Crippen LogP contribution in [0, 0.1) is 0 Å². The molecule has 2 amide bonds. The summed E-state index contributed by atoms with van der Waals surface area (Å²) < 4.78 is 11.3. The molecule has 0 radical (unpaired) electrons. The van der Waals surface area contributed by atoms with Gasteiger partial charge in [-0.25, -0.2) is 0 Å². The molecular weight excluding hydrogens is 414 g/mol. The van der Waals surface area contributed by atoms with Gasteiger partial charge in [-0.05, 0) is 19.4 Å². The van der Waals surface area contributed by atoms with E-state index in [0.29, 0.717) is 35.4 Å². The van der Waals surface area contributed by atoms with Crippen LogP contribution in [-0.2, 0) is 9.59 Å². The van der Waals surface area contributed by atoms with E-state index in [1.165, 1.54) is 0 Å². The molecule has 3 aliphatic heterocycles. The smallest absolute Gasteiger partial charge is 0.239 e. The molecular formula is C20H26ClN3O4S. The Kier molecular flexibility index (Phi) is 6.72. The van der Waals surface area contributed by atoms with Gasteiger partial charge in [0.25, 0.3) is 0 Å². The number of fused-ring (bicyclic) bond motifs is 1. The molecule has 7 nitrogen and oxygen atoms in total. The van der Waals surface area contributed by atoms with Gasteiger partial charge in [0.2, 0.25) is 11.8 Å². The molecule has 1 atom stereocenters. The first kappa shape index (κ1) is 20.6. The van der Waals surface area contributed by atoms with E-state index in [2.05, 4.69) is 5.32 Å². The van der Waals surface area contributed by atoms with Crippen LogP contribution in [0.15, 0.2) is 12.1 Å². The number of ether oxygens (including phenoxy) is 2. The van der Waals surface area contributed by atoms with Crippen molar-refractivity contribution in [2.45, 2.75) is 25.3 Å². The summed E-state index contributed by atoms with van der Waals surface area (Å²) in [6, 6.07) is 3.18. The van der Waals surface area contributed by atoms with Crippen LogP contribution in [0.2, 0.25) is 5.02 Å². The molecule has 158 valence electrons. The lowest BCUT2D eigenvalue weighted by Gasteiger charge is -2.32. The standard InChI is InChI=1S/C20H26ClN3O4S/c21-14-11-17-18(28-8-2-7-27-17)12-15(14)22-19(25)13-24-4-1-3-16(24)20(26)23-5-9-29-10-6-23/h11-12,16H,1-10,13H2,(H,22,25). The van der Waals surface area contributed by atoms with Gasteiger partial charge in [-0.3, -0.25) is 14.5 Å². The molecule has 0 saturated carbocycles. The predicted molar refractivity (Wildman–Crippen MR) is 114 cm³/mol. The van der Waals surface area contributed by atoms with Crippen molar-refractivity contribution in [3.63, 3.8) is 0 Å². The van der Waals surface area contributed by atoms with E-state index in [-0.39, 0.29) is 24.4 Å². The monoisotopic (exact) mass is 439 g/mol. The fraction of sp³-hybridized carbons (Fsp3) is 0.600. The van der Waals surface area contributed by atoms with Crippen molar-refractivity contribution < 1.29 is 19.1 Å². The molecule has 29 heavy (non-hydrogen) atoms. The number of halogens is 1. The fourth-order valence-corrected chi connectivity index (χ4v) is 5.05. The number of benzene rings is 1. The van der Waals surface area contributed by atoms with Gasteiger partial charge in [0.1, 0.15) is 0 Å². The molecule has 3 aliphatic rings. The van der Waals surface area contributed by atoms with Crippen LogP contribution >= 0.6 is 23.4 Å². The Morgan fingerprint density at radius 1 is 1.10 bits per heavy atom. The van der Waals surface area contributed by atoms with Crippen LogP contribution < -0.4 is 14.8 Å². The zero-order chi connectivity index (χ0) is 20.2. The lowest BCUT2D eigenvalue weighted by Crippen LogP contribution is -2.49. The van der Waals surface area contributed by atoms with Crippen LogP contribution in [0.3, 0.4) is 0 Å². The lowest BCUT2D eigenvalue weighted by atomic mass is 10.2. The van der Waals surface area contributed by atoms with Crippen LogP contribution in [0.25, 0.3) is 0 Å². The Morgan fingerprint density at radius 3 is 2.59 bits per heavy atom. The number of amides is 2. The number of carbonyl (C=O) groups excluding carboxylic acids is 2. The van der Waals surface area contributed by atoms with E-state index in [9.17, 15) is 9.59 Å². The molecule has 1 aromatic carbocycles. The van der Waals surface area contributed by atoms with Crippen molar-refractivity contribution in [2.75, 3.05) is 56.2 Å². The highest BCUT2D eigenvalue weighted by Crippen LogP contribution is 2.37. The summed E-state index contributed by atoms with van der Waals surface area (Å²) >= 11 is 8.21. The first-order chi connectivity index (χ1) is 14.1. The Bertz CT molecular complexity index is 772. The van der Waals surface area contributed by atoms with Gasteiger partial charge in [-0.2, -0.15) is 11.8 Å². The molecule has 0 aliphatic carbocycles. The average molecular weight is 440 g/mol. The summed E-state index contributed by atoms with van der Waals surface area (Å²) in [5.74, 6) is 3.12. The third-order valence-corrected chi connectivity index (χ3v) is 6.68. The summed E-state index contributed by atoms with van der Waals surface area (Å²) in [4.78, 5) is 29.5. The molecule has 1 N–H and O–H groups in total. The maximum Gasteiger partial charge on any atom is 0.239 e. The second-order valence-corrected chi connectivity index (χ2v) is 9.08. The van der Waals surface area contributed by atoms with Crippen molar-refractivity contribution in [2.24, 2.45) is 0 Å². The SMILES string of the molecule is O=C(CN1CCCC1C(=O)N1CCSCC1)Nc1cc2c(cc1Cl)OCCCO2. The molecule has 0 aromatic heterocycles. The molecule has 1 aromatic rings. The number of anilines is 1. The fourth-order valence-electron chi connectivity index (χ4n) is 3.94. The predicted octanol–water partition coefficient (Wildman–Crippen LogP) is 2.48. The van der Waals surface area contributed by atoms with Crippen LogP contribution in [0.1, 0.15) is 19.3 Å². The third-order valence-electron chi connectivity index (χ3n) is 5.43. The molecule has 2 saturated heterocycles. The molecule has 3 heterocycles. The minimum absolute atomic E-state index is 0.157. The molecule has 2 fully saturated rings. The summed E-state index contributed by atoms with van der Waals surface area (Å²) in [5.41, 5.74) is 0.496. The average Bonchev–Trinajstić information content (AvgIpc) is 3.06. The highest BCUT2D eigenvalue weighted by Gasteiger charge is 2.35. The maximum absolute atomic E-state index is 12.9. The zero-order valence-electron chi connectivity index (χ0n) is 16.3. The molecule has 1 unspecified atom stereocenters. The van der Waals surface area contributed by atoms with E-state index in [4.69, 9.17) is 21.1 Å². The Balaban J connectivity index is 1.39. The number of hydrogen-bond donors (Lipinski definition) is 1. The number of carbonyl (C=O) groups is 2. The summed E-state index contributed by atoms with van der Waals surface area (Å²) in [6.45, 7) is 3.66. The number of thioether (sulfide) groups is 1. The van der Waals surface area contributed by atoms with E-state index in [1.807, 2.05) is 21.6 Å². The zero-order valence-corrected chi connectivity index (χ0v) is 17.9. The highest BCUT2D eigenvalue weighted by molar-refractivity contribution is 7.99. The molecule has 0 bridgehead atoms. The lowest BCUT2D eigenvalue weighted by molar-refractivity contribution is -0.136. The van der Waals surface area contributed by atoms with E-state index >= 15 is 0 Å². The number of nitrogens with one attached hydrogen (secondary N) is 1. The Hall–Kier alpha value is -1.64. The summed E-state index contributed by atoms with van der Waals surface area (Å²) in [5, 5.41) is 3.28. The largest absolute Gasteiger partial charge is 0.490 e. The number of rotatable bonds is 4. The van der Waals surface area contributed by atoms with Crippen molar-refractivity contribution in [1.29, 1.82) is 0 Å². The van der Waals surface area contributed by atoms with Crippen molar-refractivity contribution in [1.82, 2.24) is 9.80 Å². The molecule has 9 heteroatoms. The van der Waals surface area contributed by atoms with Gasteiger partial charge in [0, 0.05) is 43.1 Å². The van der Waals surface area contributed by atoms with Gasteiger partial charge >= 0.3 is 0 Å². The van der Waals surface area contributed by atoms with E-state index < -0.39 is 0 Å². The molecule has 0 spiro atoms. The van der Waals surface area contributed by atoms with E-state index in [1.54, 1.807) is 12.1 Å². The molecule has 4 rings (SSSR count). The minimum Gasteiger partial charge on any atom is -0.490 e. The summed E-state index contributed by atoms with van der Waals surface area (Å²) in [7, 11) is 0. The van der Waals surface area contributed by atoms with Crippen LogP contribution in [-0.4, -0.2) is 78.6 Å². The minimum atomic E-state index is -0.205. The van der Waals surface area contributed by atoms with Crippen LogP contribution in [0.4, 0.5) is 5.69 Å². The Morgan fingerprint density at radius 2 is 1.83 bits per heavy atom. The quantitative estimate of drug-likeness (QED) is 0.777. The second kappa shape index (κ2) is 9.45. The van der Waals surface area contributed by atoms with Crippen molar-refractivity contribution in [3.05, 3.63) is 17.2 Å². The van der Waals surface area contributed by atoms with Gasteiger partial charge < -0.3 is 19.7 Å². The number of hydrogen-bond acceptors (Lipinski definition) is 6. The normalized spacial score (nSPS) is 22.2. The van der Waals surface area contributed by atoms with Gasteiger partial charge in [-0.1, -0.05) is 11.6 Å². The number of nitrogens with zero attached hydrogens (tertiary/aromatic N) is 2. The van der Waals surface area contributed by atoms with Gasteiger partial charge in [0.15, 0.2) is 11.5 Å². The van der Waals surface area contributed by atoms with Crippen molar-refractivity contribution in [3.8, 4) is 11.5 Å². The van der Waals surface area contributed by atoms with Crippen LogP contribution in [0.5, 0.6) is 11.5 Å². The third kappa shape index (κ3) is 4.92. The number of likely N-dealkylation sites (tertiary alicyclic amines) is 1. The first-order valence-electron chi connectivity index (χ1n) is 10.1. The highest BCUT2D eigenvalue weighted by atomic mass is 35.5. The maximum atomic E-state index is 12.9. The topological polar surface area (TPSA) is 71.1 Å². The van der Waals surface area contributed by atoms with Gasteiger partial charge in [-0.15, -0.1) is 0 Å². The Labute approximate surface area is 180 Å². The van der Waals surface area contributed by atoms with Crippen molar-refractivity contribution >= 4 is 40.9 Å². The van der Waals surface area contributed by atoms with Gasteiger partial charge in [0.05, 0.1) is 36.5 Å². The second-order valence-electron chi connectivity index (χ2n) is 7.44.